The highest BCUT2D eigenvalue weighted by molar-refractivity contribution is 7.71. The minimum Gasteiger partial charge on any atom is -0.493 e. The van der Waals surface area contributed by atoms with Crippen LogP contribution in [0.25, 0.3) is 0 Å². The maximum absolute atomic E-state index is 5.81. The highest BCUT2D eigenvalue weighted by Gasteiger charge is 2.29. The van der Waals surface area contributed by atoms with Crippen LogP contribution in [0.15, 0.2) is 23.3 Å². The Labute approximate surface area is 146 Å². The van der Waals surface area contributed by atoms with E-state index in [-0.39, 0.29) is 0 Å². The third-order valence-electron chi connectivity index (χ3n) is 3.88. The minimum atomic E-state index is 0.471. The molecule has 1 aliphatic carbocycles. The van der Waals surface area contributed by atoms with Gasteiger partial charge in [0, 0.05) is 5.92 Å². The fourth-order valence-corrected chi connectivity index (χ4v) is 2.54. The predicted octanol–water partition coefficient (Wildman–Crippen LogP) is 3.89. The van der Waals surface area contributed by atoms with Crippen LogP contribution >= 0.6 is 12.2 Å². The lowest BCUT2D eigenvalue weighted by molar-refractivity contribution is 0.288. The zero-order chi connectivity index (χ0) is 16.9. The molecule has 0 atom stereocenters. The molecule has 0 spiro atoms. The molecule has 1 N–H and O–H groups in total. The summed E-state index contributed by atoms with van der Waals surface area (Å²) in [5, 5.41) is 11.6. The van der Waals surface area contributed by atoms with Gasteiger partial charge in [0.05, 0.1) is 19.9 Å². The number of ether oxygens (including phenoxy) is 2. The molecule has 6 nitrogen and oxygen atoms in total. The van der Waals surface area contributed by atoms with Crippen LogP contribution in [0.3, 0.4) is 0 Å². The second-order valence-electron chi connectivity index (χ2n) is 5.83. The summed E-state index contributed by atoms with van der Waals surface area (Å²) in [6.07, 6.45) is 6.16. The first kappa shape index (κ1) is 16.7. The lowest BCUT2D eigenvalue weighted by Gasteiger charge is -2.10. The van der Waals surface area contributed by atoms with Crippen molar-refractivity contribution in [2.75, 3.05) is 13.7 Å². The van der Waals surface area contributed by atoms with Crippen molar-refractivity contribution in [1.82, 2.24) is 14.9 Å². The smallest absolute Gasteiger partial charge is 0.216 e. The summed E-state index contributed by atoms with van der Waals surface area (Å²) in [4.78, 5) is 0. The van der Waals surface area contributed by atoms with Crippen LogP contribution < -0.4 is 9.47 Å². The number of aromatic amines is 1. The number of hydrogen-bond donors (Lipinski definition) is 1. The maximum atomic E-state index is 5.81. The van der Waals surface area contributed by atoms with Crippen molar-refractivity contribution in [1.29, 1.82) is 0 Å². The van der Waals surface area contributed by atoms with Crippen molar-refractivity contribution in [2.45, 2.75) is 38.5 Å². The van der Waals surface area contributed by atoms with E-state index in [9.17, 15) is 0 Å². The molecule has 1 fully saturated rings. The molecular formula is C17H22N4O2S. The second kappa shape index (κ2) is 7.61. The molecule has 1 heterocycles. The average Bonchev–Trinajstić information content (AvgIpc) is 3.37. The van der Waals surface area contributed by atoms with E-state index in [2.05, 4.69) is 22.2 Å². The number of unbranched alkanes of at least 4 members (excludes halogenated alkanes) is 1. The summed E-state index contributed by atoms with van der Waals surface area (Å²) in [6, 6.07) is 5.76. The fourth-order valence-electron chi connectivity index (χ4n) is 2.36. The lowest BCUT2D eigenvalue weighted by atomic mass is 10.2. The molecule has 128 valence electrons. The molecule has 7 heteroatoms. The maximum Gasteiger partial charge on any atom is 0.216 e. The molecule has 24 heavy (non-hydrogen) atoms. The van der Waals surface area contributed by atoms with Crippen LogP contribution in [0.5, 0.6) is 11.5 Å². The molecule has 0 bridgehead atoms. The third kappa shape index (κ3) is 3.84. The number of aromatic nitrogens is 3. The zero-order valence-electron chi connectivity index (χ0n) is 14.0. The van der Waals surface area contributed by atoms with Crippen LogP contribution in [0.2, 0.25) is 0 Å². The molecule has 3 rings (SSSR count). The van der Waals surface area contributed by atoms with Gasteiger partial charge in [0.1, 0.15) is 0 Å². The number of nitrogens with one attached hydrogen (secondary N) is 1. The fraction of sp³-hybridized carbons (Fsp3) is 0.471. The molecular weight excluding hydrogens is 324 g/mol. The van der Waals surface area contributed by atoms with Crippen molar-refractivity contribution in [2.24, 2.45) is 5.10 Å². The summed E-state index contributed by atoms with van der Waals surface area (Å²) in [7, 11) is 1.64. The van der Waals surface area contributed by atoms with Crippen LogP contribution in [0, 0.1) is 4.77 Å². The molecule has 2 aromatic rings. The highest BCUT2D eigenvalue weighted by atomic mass is 32.1. The second-order valence-corrected chi connectivity index (χ2v) is 6.22. The number of methoxy groups -OCH3 is 1. The number of benzene rings is 1. The van der Waals surface area contributed by atoms with E-state index in [4.69, 9.17) is 21.7 Å². The first-order valence-corrected chi connectivity index (χ1v) is 8.66. The van der Waals surface area contributed by atoms with E-state index in [0.717, 1.165) is 48.6 Å². The van der Waals surface area contributed by atoms with Gasteiger partial charge in [0.25, 0.3) is 0 Å². The Kier molecular flexibility index (Phi) is 5.30. The van der Waals surface area contributed by atoms with Gasteiger partial charge in [-0.15, -0.1) is 0 Å². The van der Waals surface area contributed by atoms with Crippen LogP contribution in [0.4, 0.5) is 0 Å². The summed E-state index contributed by atoms with van der Waals surface area (Å²) in [6.45, 7) is 2.81. The van der Waals surface area contributed by atoms with E-state index in [1.807, 2.05) is 18.2 Å². The summed E-state index contributed by atoms with van der Waals surface area (Å²) in [5.74, 6) is 2.83. The van der Waals surface area contributed by atoms with Crippen molar-refractivity contribution >= 4 is 18.4 Å². The molecule has 1 saturated carbocycles. The number of nitrogens with zero attached hydrogens (tertiary/aromatic N) is 3. The molecule has 0 aliphatic heterocycles. The van der Waals surface area contributed by atoms with Gasteiger partial charge in [-0.25, -0.2) is 0 Å². The first-order valence-electron chi connectivity index (χ1n) is 8.25. The van der Waals surface area contributed by atoms with E-state index in [1.165, 1.54) is 0 Å². The molecule has 0 saturated heterocycles. The molecule has 0 unspecified atom stereocenters. The van der Waals surface area contributed by atoms with Crippen molar-refractivity contribution in [3.63, 3.8) is 0 Å². The normalized spacial score (nSPS) is 14.2. The molecule has 1 aliphatic rings. The average molecular weight is 346 g/mol. The number of hydrogen-bond acceptors (Lipinski definition) is 5. The topological polar surface area (TPSA) is 64.4 Å². The van der Waals surface area contributed by atoms with E-state index in [1.54, 1.807) is 18.0 Å². The Balaban J connectivity index is 1.80. The van der Waals surface area contributed by atoms with Crippen LogP contribution in [-0.4, -0.2) is 34.8 Å². The SMILES string of the molecule is CCCCOc1cc(/C=N\n2c(C3CC3)n[nH]c2=S)ccc1OC. The van der Waals surface area contributed by atoms with E-state index in [0.29, 0.717) is 17.3 Å². The Morgan fingerprint density at radius 3 is 2.96 bits per heavy atom. The standard InChI is InChI=1S/C17H22N4O2S/c1-3-4-9-23-15-10-12(5-8-14(15)22-2)11-18-21-16(13-6-7-13)19-20-17(21)24/h5,8,10-11,13H,3-4,6-7,9H2,1-2H3,(H,20,24)/b18-11-. The molecule has 0 radical (unpaired) electrons. The minimum absolute atomic E-state index is 0.471. The number of H-pyrrole nitrogens is 1. The Bertz CT molecular complexity index is 777. The largest absolute Gasteiger partial charge is 0.493 e. The first-order chi connectivity index (χ1) is 11.7. The zero-order valence-corrected chi connectivity index (χ0v) is 14.8. The monoisotopic (exact) mass is 346 g/mol. The summed E-state index contributed by atoms with van der Waals surface area (Å²) in [5.41, 5.74) is 0.923. The molecule has 1 aromatic carbocycles. The van der Waals surface area contributed by atoms with E-state index >= 15 is 0 Å². The quantitative estimate of drug-likeness (QED) is 0.447. The number of rotatable bonds is 8. The van der Waals surface area contributed by atoms with E-state index < -0.39 is 0 Å². The van der Waals surface area contributed by atoms with Gasteiger partial charge in [-0.05, 0) is 55.2 Å². The van der Waals surface area contributed by atoms with Crippen molar-refractivity contribution in [3.8, 4) is 11.5 Å². The van der Waals surface area contributed by atoms with Gasteiger partial charge >= 0.3 is 0 Å². The predicted molar refractivity (Wildman–Crippen MR) is 95.8 cm³/mol. The Morgan fingerprint density at radius 2 is 2.25 bits per heavy atom. The van der Waals surface area contributed by atoms with Crippen molar-refractivity contribution in [3.05, 3.63) is 34.4 Å². The van der Waals surface area contributed by atoms with Crippen LogP contribution in [-0.2, 0) is 0 Å². The van der Waals surface area contributed by atoms with Crippen molar-refractivity contribution < 1.29 is 9.47 Å². The van der Waals surface area contributed by atoms with Gasteiger partial charge in [-0.2, -0.15) is 14.9 Å². The highest BCUT2D eigenvalue weighted by Crippen LogP contribution is 2.38. The van der Waals surface area contributed by atoms with Gasteiger partial charge in [-0.1, -0.05) is 13.3 Å². The Morgan fingerprint density at radius 1 is 1.42 bits per heavy atom. The lowest BCUT2D eigenvalue weighted by Crippen LogP contribution is -2.00. The summed E-state index contributed by atoms with van der Waals surface area (Å²) >= 11 is 5.26. The van der Waals surface area contributed by atoms with Gasteiger partial charge in [-0.3, -0.25) is 5.10 Å². The molecule has 1 aromatic heterocycles. The van der Waals surface area contributed by atoms with Gasteiger partial charge in [0.15, 0.2) is 17.3 Å². The third-order valence-corrected chi connectivity index (χ3v) is 4.15. The van der Waals surface area contributed by atoms with Gasteiger partial charge < -0.3 is 9.47 Å². The Hall–Kier alpha value is -2.15. The molecule has 0 amide bonds. The summed E-state index contributed by atoms with van der Waals surface area (Å²) < 4.78 is 13.4. The van der Waals surface area contributed by atoms with Crippen LogP contribution in [0.1, 0.15) is 49.9 Å². The van der Waals surface area contributed by atoms with Gasteiger partial charge in [0.2, 0.25) is 4.77 Å².